The van der Waals surface area contributed by atoms with Gasteiger partial charge >= 0.3 is 5.69 Å². The van der Waals surface area contributed by atoms with Gasteiger partial charge in [0.1, 0.15) is 4.64 Å². The van der Waals surface area contributed by atoms with Crippen molar-refractivity contribution in [3.8, 4) is 0 Å². The number of aromatic nitrogens is 2. The Balaban J connectivity index is 2.19. The Kier molecular flexibility index (Phi) is 3.57. The molecule has 2 aromatic rings. The molecule has 3 rings (SSSR count). The van der Waals surface area contributed by atoms with Crippen molar-refractivity contribution < 1.29 is 0 Å². The smallest absolute Gasteiger partial charge is 0.298 e. The number of H-pyrrole nitrogens is 1. The third-order valence-electron chi connectivity index (χ3n) is 4.11. The number of nitrogens with zero attached hydrogens (tertiary/aromatic N) is 1. The summed E-state index contributed by atoms with van der Waals surface area (Å²) in [5, 5.41) is 0. The van der Waals surface area contributed by atoms with Gasteiger partial charge in [-0.25, -0.2) is 4.79 Å². The summed E-state index contributed by atoms with van der Waals surface area (Å²) in [6.45, 7) is 2.07. The summed E-state index contributed by atoms with van der Waals surface area (Å²) in [6, 6.07) is 10.2. The van der Waals surface area contributed by atoms with Gasteiger partial charge in [-0.15, -0.1) is 0 Å². The number of nitrogens with one attached hydrogen (secondary N) is 1. The van der Waals surface area contributed by atoms with Crippen LogP contribution in [0.4, 0.5) is 0 Å². The monoisotopic (exact) mass is 286 g/mol. The van der Waals surface area contributed by atoms with Crippen molar-refractivity contribution >= 4 is 12.2 Å². The normalized spacial score (nSPS) is 15.7. The molecule has 1 unspecified atom stereocenters. The molecule has 0 bridgehead atoms. The summed E-state index contributed by atoms with van der Waals surface area (Å²) in [5.41, 5.74) is 3.34. The van der Waals surface area contributed by atoms with Crippen LogP contribution in [0.15, 0.2) is 35.1 Å². The van der Waals surface area contributed by atoms with Crippen molar-refractivity contribution in [3.63, 3.8) is 0 Å². The SMILES string of the molecule is CC(c1ccccc1)n1c2c(c(=S)[nH]c1=O)CCCC2. The quantitative estimate of drug-likeness (QED) is 0.859. The number of aromatic amines is 1. The fraction of sp³-hybridized carbons (Fsp3) is 0.375. The molecule has 0 saturated carbocycles. The summed E-state index contributed by atoms with van der Waals surface area (Å²) < 4.78 is 2.51. The number of rotatable bonds is 2. The first-order chi connectivity index (χ1) is 9.68. The highest BCUT2D eigenvalue weighted by Gasteiger charge is 2.20. The van der Waals surface area contributed by atoms with E-state index in [1.165, 1.54) is 0 Å². The van der Waals surface area contributed by atoms with Crippen LogP contribution < -0.4 is 5.69 Å². The first-order valence-electron chi connectivity index (χ1n) is 7.10. The van der Waals surface area contributed by atoms with Gasteiger partial charge in [0.15, 0.2) is 0 Å². The molecular weight excluding hydrogens is 268 g/mol. The van der Waals surface area contributed by atoms with Crippen LogP contribution in [0.1, 0.15) is 42.6 Å². The fourth-order valence-electron chi connectivity index (χ4n) is 3.05. The molecule has 0 saturated heterocycles. The molecule has 4 heteroatoms. The van der Waals surface area contributed by atoms with E-state index in [0.717, 1.165) is 42.5 Å². The lowest BCUT2D eigenvalue weighted by molar-refractivity contribution is 0.525. The summed E-state index contributed by atoms with van der Waals surface area (Å²) in [6.07, 6.45) is 4.21. The van der Waals surface area contributed by atoms with Crippen molar-refractivity contribution in [2.45, 2.75) is 38.6 Å². The second-order valence-electron chi connectivity index (χ2n) is 5.35. The molecule has 1 aliphatic rings. The maximum atomic E-state index is 12.4. The van der Waals surface area contributed by atoms with Crippen LogP contribution in [-0.4, -0.2) is 9.55 Å². The third kappa shape index (κ3) is 2.24. The molecule has 0 spiro atoms. The first-order valence-corrected chi connectivity index (χ1v) is 7.51. The van der Waals surface area contributed by atoms with E-state index in [1.807, 2.05) is 22.8 Å². The van der Waals surface area contributed by atoms with E-state index in [-0.39, 0.29) is 11.7 Å². The zero-order chi connectivity index (χ0) is 14.1. The van der Waals surface area contributed by atoms with Gasteiger partial charge in [0.25, 0.3) is 0 Å². The van der Waals surface area contributed by atoms with Gasteiger partial charge in [-0.2, -0.15) is 0 Å². The number of hydrogen-bond donors (Lipinski definition) is 1. The lowest BCUT2D eigenvalue weighted by Crippen LogP contribution is -2.32. The maximum Gasteiger partial charge on any atom is 0.327 e. The van der Waals surface area contributed by atoms with Gasteiger partial charge in [-0.05, 0) is 38.2 Å². The highest BCUT2D eigenvalue weighted by Crippen LogP contribution is 2.25. The summed E-state index contributed by atoms with van der Waals surface area (Å²) in [7, 11) is 0. The van der Waals surface area contributed by atoms with Gasteiger partial charge in [0.2, 0.25) is 0 Å². The minimum absolute atomic E-state index is 0.0300. The van der Waals surface area contributed by atoms with Crippen molar-refractivity contribution in [3.05, 3.63) is 62.3 Å². The van der Waals surface area contributed by atoms with Crippen LogP contribution >= 0.6 is 12.2 Å². The van der Waals surface area contributed by atoms with Gasteiger partial charge in [-0.3, -0.25) is 9.55 Å². The molecule has 0 aliphatic heterocycles. The zero-order valence-electron chi connectivity index (χ0n) is 11.6. The van der Waals surface area contributed by atoms with Crippen LogP contribution in [0.3, 0.4) is 0 Å². The summed E-state index contributed by atoms with van der Waals surface area (Å²) in [4.78, 5) is 15.2. The minimum Gasteiger partial charge on any atom is -0.298 e. The van der Waals surface area contributed by atoms with E-state index in [4.69, 9.17) is 12.2 Å². The predicted molar refractivity (Wildman–Crippen MR) is 82.8 cm³/mol. The molecular formula is C16H18N2OS. The molecule has 0 amide bonds. The molecule has 1 N–H and O–H groups in total. The number of fused-ring (bicyclic) bond motifs is 1. The van der Waals surface area contributed by atoms with Gasteiger partial charge in [0, 0.05) is 11.3 Å². The lowest BCUT2D eigenvalue weighted by atomic mass is 9.96. The molecule has 20 heavy (non-hydrogen) atoms. The van der Waals surface area contributed by atoms with Gasteiger partial charge < -0.3 is 0 Å². The van der Waals surface area contributed by atoms with E-state index in [9.17, 15) is 4.79 Å². The molecule has 1 aromatic heterocycles. The first kappa shape index (κ1) is 13.3. The average Bonchev–Trinajstić information content (AvgIpc) is 2.48. The standard InChI is InChI=1S/C16H18N2OS/c1-11(12-7-3-2-4-8-12)18-14-10-6-5-9-13(14)15(20)17-16(18)19/h2-4,7-8,11H,5-6,9-10H2,1H3,(H,17,19,20). The molecule has 1 heterocycles. The molecule has 3 nitrogen and oxygen atoms in total. The van der Waals surface area contributed by atoms with Gasteiger partial charge in [-0.1, -0.05) is 42.5 Å². The van der Waals surface area contributed by atoms with E-state index < -0.39 is 0 Å². The molecule has 1 aliphatic carbocycles. The van der Waals surface area contributed by atoms with Crippen LogP contribution in [0, 0.1) is 4.64 Å². The van der Waals surface area contributed by atoms with E-state index >= 15 is 0 Å². The molecule has 1 atom stereocenters. The largest absolute Gasteiger partial charge is 0.327 e. The summed E-state index contributed by atoms with van der Waals surface area (Å²) in [5.74, 6) is 0. The zero-order valence-corrected chi connectivity index (χ0v) is 12.4. The van der Waals surface area contributed by atoms with Crippen molar-refractivity contribution in [1.29, 1.82) is 0 Å². The third-order valence-corrected chi connectivity index (χ3v) is 4.46. The Labute approximate surface area is 123 Å². The average molecular weight is 286 g/mol. The van der Waals surface area contributed by atoms with Gasteiger partial charge in [0.05, 0.1) is 6.04 Å². The highest BCUT2D eigenvalue weighted by molar-refractivity contribution is 7.71. The summed E-state index contributed by atoms with van der Waals surface area (Å²) >= 11 is 5.32. The lowest BCUT2D eigenvalue weighted by Gasteiger charge is -2.25. The molecule has 1 aromatic carbocycles. The maximum absolute atomic E-state index is 12.4. The van der Waals surface area contributed by atoms with E-state index in [2.05, 4.69) is 24.0 Å². The predicted octanol–water partition coefficient (Wildman–Crippen LogP) is 3.39. The minimum atomic E-state index is -0.0907. The topological polar surface area (TPSA) is 37.8 Å². The fourth-order valence-corrected chi connectivity index (χ4v) is 3.35. The van der Waals surface area contributed by atoms with Crippen LogP contribution in [-0.2, 0) is 12.8 Å². The van der Waals surface area contributed by atoms with Crippen molar-refractivity contribution in [2.75, 3.05) is 0 Å². The second kappa shape index (κ2) is 5.37. The van der Waals surface area contributed by atoms with Crippen molar-refractivity contribution in [2.24, 2.45) is 0 Å². The Bertz CT molecular complexity index is 730. The molecule has 104 valence electrons. The highest BCUT2D eigenvalue weighted by atomic mass is 32.1. The van der Waals surface area contributed by atoms with E-state index in [1.54, 1.807) is 0 Å². The van der Waals surface area contributed by atoms with Crippen LogP contribution in [0.5, 0.6) is 0 Å². The Morgan fingerprint density at radius 1 is 1.20 bits per heavy atom. The Morgan fingerprint density at radius 3 is 2.65 bits per heavy atom. The molecule has 0 fully saturated rings. The number of benzene rings is 1. The van der Waals surface area contributed by atoms with Crippen LogP contribution in [0.25, 0.3) is 0 Å². The van der Waals surface area contributed by atoms with E-state index in [0.29, 0.717) is 4.64 Å². The van der Waals surface area contributed by atoms with Crippen LogP contribution in [0.2, 0.25) is 0 Å². The Hall–Kier alpha value is -1.68. The second-order valence-corrected chi connectivity index (χ2v) is 5.76. The molecule has 0 radical (unpaired) electrons. The number of hydrogen-bond acceptors (Lipinski definition) is 2. The Morgan fingerprint density at radius 2 is 1.90 bits per heavy atom. The van der Waals surface area contributed by atoms with Crippen molar-refractivity contribution in [1.82, 2.24) is 9.55 Å².